The molecule has 0 spiro atoms. The van der Waals surface area contributed by atoms with E-state index in [2.05, 4.69) is 0 Å². The maximum atomic E-state index is 11.9. The zero-order valence-electron chi connectivity index (χ0n) is 11.6. The van der Waals surface area contributed by atoms with Gasteiger partial charge in [0.25, 0.3) is 0 Å². The topological polar surface area (TPSA) is 46.3 Å². The van der Waals surface area contributed by atoms with Gasteiger partial charge in [0.1, 0.15) is 0 Å². The number of benzene rings is 1. The standard InChI is InChI=1S/C14H21ClN2OS/c1-14(2,16)10-19-9-13(18)17(3)8-11-5-4-6-12(15)7-11/h4-7H,8-10,16H2,1-3H3. The third kappa shape index (κ3) is 6.85. The van der Waals surface area contributed by atoms with Crippen molar-refractivity contribution in [2.24, 2.45) is 5.73 Å². The van der Waals surface area contributed by atoms with Gasteiger partial charge in [-0.1, -0.05) is 23.7 Å². The number of amides is 1. The zero-order chi connectivity index (χ0) is 14.5. The lowest BCUT2D eigenvalue weighted by molar-refractivity contribution is -0.127. The number of carbonyl (C=O) groups is 1. The van der Waals surface area contributed by atoms with Gasteiger partial charge in [-0.2, -0.15) is 11.8 Å². The molecular weight excluding hydrogens is 280 g/mol. The van der Waals surface area contributed by atoms with Crippen molar-refractivity contribution in [3.8, 4) is 0 Å². The number of nitrogens with zero attached hydrogens (tertiary/aromatic N) is 1. The van der Waals surface area contributed by atoms with Crippen molar-refractivity contribution in [3.05, 3.63) is 34.9 Å². The van der Waals surface area contributed by atoms with Gasteiger partial charge in [-0.25, -0.2) is 0 Å². The summed E-state index contributed by atoms with van der Waals surface area (Å²) in [5.41, 5.74) is 6.67. The molecule has 0 heterocycles. The van der Waals surface area contributed by atoms with E-state index in [4.69, 9.17) is 17.3 Å². The summed E-state index contributed by atoms with van der Waals surface area (Å²) >= 11 is 7.49. The molecule has 0 aliphatic rings. The van der Waals surface area contributed by atoms with E-state index >= 15 is 0 Å². The number of hydrogen-bond donors (Lipinski definition) is 1. The lowest BCUT2D eigenvalue weighted by Gasteiger charge is -2.20. The molecule has 0 unspecified atom stereocenters. The van der Waals surface area contributed by atoms with Gasteiger partial charge in [0.15, 0.2) is 0 Å². The summed E-state index contributed by atoms with van der Waals surface area (Å²) in [6.45, 7) is 4.49. The lowest BCUT2D eigenvalue weighted by Crippen LogP contribution is -2.36. The molecule has 1 aromatic carbocycles. The van der Waals surface area contributed by atoms with Crippen LogP contribution in [0.15, 0.2) is 24.3 Å². The average molecular weight is 301 g/mol. The third-order valence-electron chi connectivity index (χ3n) is 2.43. The van der Waals surface area contributed by atoms with Crippen molar-refractivity contribution in [2.45, 2.75) is 25.9 Å². The molecule has 106 valence electrons. The summed E-state index contributed by atoms with van der Waals surface area (Å²) in [5.74, 6) is 1.33. The monoisotopic (exact) mass is 300 g/mol. The highest BCUT2D eigenvalue weighted by molar-refractivity contribution is 8.00. The summed E-state index contributed by atoms with van der Waals surface area (Å²) in [6, 6.07) is 7.56. The van der Waals surface area contributed by atoms with Crippen LogP contribution in [0, 0.1) is 0 Å². The van der Waals surface area contributed by atoms with Crippen LogP contribution in [-0.4, -0.2) is 34.9 Å². The summed E-state index contributed by atoms with van der Waals surface area (Å²) in [6.07, 6.45) is 0. The number of halogens is 1. The fraction of sp³-hybridized carbons (Fsp3) is 0.500. The molecule has 0 atom stereocenters. The van der Waals surface area contributed by atoms with Crippen LogP contribution in [0.1, 0.15) is 19.4 Å². The van der Waals surface area contributed by atoms with Gasteiger partial charge in [-0.3, -0.25) is 4.79 Å². The van der Waals surface area contributed by atoms with Crippen LogP contribution in [0.4, 0.5) is 0 Å². The zero-order valence-corrected chi connectivity index (χ0v) is 13.2. The van der Waals surface area contributed by atoms with Crippen LogP contribution in [0.3, 0.4) is 0 Å². The predicted molar refractivity (Wildman–Crippen MR) is 83.5 cm³/mol. The molecule has 19 heavy (non-hydrogen) atoms. The van der Waals surface area contributed by atoms with Crippen LogP contribution < -0.4 is 5.73 Å². The highest BCUT2D eigenvalue weighted by atomic mass is 35.5. The molecule has 0 fully saturated rings. The van der Waals surface area contributed by atoms with Gasteiger partial charge in [-0.05, 0) is 31.5 Å². The Morgan fingerprint density at radius 3 is 2.74 bits per heavy atom. The Bertz CT molecular complexity index is 432. The van der Waals surface area contributed by atoms with Gasteiger partial charge >= 0.3 is 0 Å². The third-order valence-corrected chi connectivity index (χ3v) is 4.07. The SMILES string of the molecule is CN(Cc1cccc(Cl)c1)C(=O)CSCC(C)(C)N. The lowest BCUT2D eigenvalue weighted by atomic mass is 10.1. The van der Waals surface area contributed by atoms with Gasteiger partial charge in [0.05, 0.1) is 5.75 Å². The van der Waals surface area contributed by atoms with E-state index in [9.17, 15) is 4.79 Å². The first-order chi connectivity index (χ1) is 8.78. The van der Waals surface area contributed by atoms with Crippen molar-refractivity contribution in [1.29, 1.82) is 0 Å². The molecular formula is C14H21ClN2OS. The van der Waals surface area contributed by atoms with Crippen molar-refractivity contribution >= 4 is 29.3 Å². The Hall–Kier alpha value is -0.710. The quantitative estimate of drug-likeness (QED) is 0.879. The minimum Gasteiger partial charge on any atom is -0.341 e. The maximum Gasteiger partial charge on any atom is 0.232 e. The largest absolute Gasteiger partial charge is 0.341 e. The predicted octanol–water partition coefficient (Wildman–Crippen LogP) is 2.77. The van der Waals surface area contributed by atoms with Crippen LogP contribution in [0.5, 0.6) is 0 Å². The fourth-order valence-electron chi connectivity index (χ4n) is 1.51. The molecule has 1 rings (SSSR count). The Kier molecular flexibility index (Phi) is 6.17. The van der Waals surface area contributed by atoms with E-state index in [1.54, 1.807) is 23.7 Å². The minimum absolute atomic E-state index is 0.106. The molecule has 0 aliphatic carbocycles. The Labute approximate surface area is 124 Å². The molecule has 1 amide bonds. The van der Waals surface area contributed by atoms with Crippen LogP contribution in [-0.2, 0) is 11.3 Å². The first-order valence-electron chi connectivity index (χ1n) is 6.13. The smallest absolute Gasteiger partial charge is 0.232 e. The highest BCUT2D eigenvalue weighted by Gasteiger charge is 2.14. The summed E-state index contributed by atoms with van der Waals surface area (Å²) < 4.78 is 0. The second kappa shape index (κ2) is 7.17. The van der Waals surface area contributed by atoms with E-state index < -0.39 is 0 Å². The molecule has 0 aliphatic heterocycles. The Morgan fingerprint density at radius 1 is 1.47 bits per heavy atom. The van der Waals surface area contributed by atoms with E-state index in [-0.39, 0.29) is 11.4 Å². The normalized spacial score (nSPS) is 11.4. The number of nitrogens with two attached hydrogens (primary N) is 1. The first kappa shape index (κ1) is 16.3. The maximum absolute atomic E-state index is 11.9. The van der Waals surface area contributed by atoms with Crippen molar-refractivity contribution in [2.75, 3.05) is 18.6 Å². The molecule has 0 saturated carbocycles. The number of rotatable bonds is 6. The molecule has 0 radical (unpaired) electrons. The highest BCUT2D eigenvalue weighted by Crippen LogP contribution is 2.14. The summed E-state index contributed by atoms with van der Waals surface area (Å²) in [4.78, 5) is 13.7. The molecule has 3 nitrogen and oxygen atoms in total. The minimum atomic E-state index is -0.240. The van der Waals surface area contributed by atoms with E-state index in [0.29, 0.717) is 17.3 Å². The molecule has 0 saturated heterocycles. The van der Waals surface area contributed by atoms with E-state index in [1.807, 2.05) is 38.1 Å². The van der Waals surface area contributed by atoms with Crippen molar-refractivity contribution in [1.82, 2.24) is 4.90 Å². The molecule has 2 N–H and O–H groups in total. The van der Waals surface area contributed by atoms with E-state index in [0.717, 1.165) is 11.3 Å². The Morgan fingerprint density at radius 2 is 2.16 bits per heavy atom. The molecule has 0 bridgehead atoms. The van der Waals surface area contributed by atoms with Crippen LogP contribution >= 0.6 is 23.4 Å². The number of carbonyl (C=O) groups excluding carboxylic acids is 1. The number of thioether (sulfide) groups is 1. The van der Waals surface area contributed by atoms with Crippen LogP contribution in [0.2, 0.25) is 5.02 Å². The van der Waals surface area contributed by atoms with E-state index in [1.165, 1.54) is 0 Å². The first-order valence-corrected chi connectivity index (χ1v) is 7.66. The average Bonchev–Trinajstić information content (AvgIpc) is 2.27. The van der Waals surface area contributed by atoms with Crippen molar-refractivity contribution in [3.63, 3.8) is 0 Å². The summed E-state index contributed by atoms with van der Waals surface area (Å²) in [7, 11) is 1.80. The number of hydrogen-bond acceptors (Lipinski definition) is 3. The summed E-state index contributed by atoms with van der Waals surface area (Å²) in [5, 5.41) is 0.692. The van der Waals surface area contributed by atoms with Gasteiger partial charge in [0, 0.05) is 29.9 Å². The second-order valence-corrected chi connectivity index (χ2v) is 6.78. The van der Waals surface area contributed by atoms with Gasteiger partial charge < -0.3 is 10.6 Å². The van der Waals surface area contributed by atoms with Gasteiger partial charge in [-0.15, -0.1) is 0 Å². The molecule has 1 aromatic rings. The fourth-order valence-corrected chi connectivity index (χ4v) is 2.74. The Balaban J connectivity index is 2.41. The molecule has 5 heteroatoms. The second-order valence-electron chi connectivity index (χ2n) is 5.36. The van der Waals surface area contributed by atoms with Crippen molar-refractivity contribution < 1.29 is 4.79 Å². The van der Waals surface area contributed by atoms with Crippen LogP contribution in [0.25, 0.3) is 0 Å². The molecule has 0 aromatic heterocycles. The van der Waals surface area contributed by atoms with Gasteiger partial charge in [0.2, 0.25) is 5.91 Å².